The first-order valence-electron chi connectivity index (χ1n) is 25.7. The Labute approximate surface area is 377 Å². The molecule has 61 heavy (non-hydrogen) atoms. The summed E-state index contributed by atoms with van der Waals surface area (Å²) in [5, 5.41) is 23.8. The highest BCUT2D eigenvalue weighted by Crippen LogP contribution is 2.18. The molecule has 0 saturated heterocycles. The van der Waals surface area contributed by atoms with Gasteiger partial charge in [0.2, 0.25) is 5.91 Å². The number of hydrogen-bond donors (Lipinski definition) is 3. The molecule has 3 N–H and O–H groups in total. The number of allylic oxidation sites excluding steroid dienone is 12. The second kappa shape index (κ2) is 48.3. The Bertz CT molecular complexity index is 1140. The van der Waals surface area contributed by atoms with Crippen LogP contribution in [0.1, 0.15) is 239 Å². The zero-order valence-corrected chi connectivity index (χ0v) is 40.0. The molecule has 0 aliphatic rings. The predicted molar refractivity (Wildman–Crippen MR) is 264 cm³/mol. The monoisotopic (exact) mass is 852 g/mol. The molecule has 0 aliphatic carbocycles. The lowest BCUT2D eigenvalue weighted by atomic mass is 10.0. The van der Waals surface area contributed by atoms with Gasteiger partial charge in [-0.05, 0) is 44.9 Å². The summed E-state index contributed by atoms with van der Waals surface area (Å²) < 4.78 is 5.91. The lowest BCUT2D eigenvalue weighted by Gasteiger charge is -2.24. The molecule has 6 heteroatoms. The average Bonchev–Trinajstić information content (AvgIpc) is 3.25. The van der Waals surface area contributed by atoms with Crippen LogP contribution in [0.15, 0.2) is 72.9 Å². The van der Waals surface area contributed by atoms with Crippen molar-refractivity contribution in [1.29, 1.82) is 0 Å². The van der Waals surface area contributed by atoms with Crippen molar-refractivity contribution in [2.24, 2.45) is 0 Å². The first-order chi connectivity index (χ1) is 30.0. The van der Waals surface area contributed by atoms with Crippen LogP contribution in [0.3, 0.4) is 0 Å². The van der Waals surface area contributed by atoms with Crippen LogP contribution in [0, 0.1) is 0 Å². The molecule has 0 rings (SSSR count). The molecule has 0 aromatic heterocycles. The standard InChI is InChI=1S/C55H97NO5/c1-4-7-10-13-16-19-22-25-26-27-28-30-33-36-39-42-45-48-55(60)61-51(46-43-40-37-34-31-24-21-18-15-12-9-6-3)49-54(59)56-52(50-57)53(58)47-44-41-38-35-32-29-23-20-17-14-11-8-5-2/h7,10,13,16,19,22,25-28,30,33,51-53,57-58H,4-6,8-9,11-12,14-15,17-18,20-21,23-24,29,31-32,34-50H2,1-3H3,(H,56,59)/b10-7-,16-13+,22-19+,26-25-,28-27+,33-30+. The summed E-state index contributed by atoms with van der Waals surface area (Å²) >= 11 is 0. The van der Waals surface area contributed by atoms with E-state index in [-0.39, 0.29) is 24.9 Å². The minimum atomic E-state index is -0.796. The average molecular weight is 852 g/mol. The Morgan fingerprint density at radius 2 is 0.885 bits per heavy atom. The van der Waals surface area contributed by atoms with Gasteiger partial charge in [0.25, 0.3) is 0 Å². The molecule has 0 fully saturated rings. The fourth-order valence-electron chi connectivity index (χ4n) is 7.58. The number of esters is 1. The van der Waals surface area contributed by atoms with E-state index >= 15 is 0 Å². The number of carbonyl (C=O) groups is 2. The SMILES string of the molecule is CC\C=C/C=C/C=C/C=C\C=C\C=C\CCCCCC(=O)OC(CCCCCCCCCCCCCC)CC(=O)NC(CO)C(O)CCCCCCCCCCCCCCC. The first-order valence-corrected chi connectivity index (χ1v) is 25.7. The second-order valence-electron chi connectivity index (χ2n) is 17.4. The van der Waals surface area contributed by atoms with Gasteiger partial charge in [-0.25, -0.2) is 0 Å². The van der Waals surface area contributed by atoms with Crippen molar-refractivity contribution in [3.05, 3.63) is 72.9 Å². The maximum Gasteiger partial charge on any atom is 0.306 e. The summed E-state index contributed by atoms with van der Waals surface area (Å²) in [6.45, 7) is 6.33. The van der Waals surface area contributed by atoms with Crippen LogP contribution in [0.4, 0.5) is 0 Å². The largest absolute Gasteiger partial charge is 0.462 e. The number of aliphatic hydroxyl groups excluding tert-OH is 2. The zero-order valence-electron chi connectivity index (χ0n) is 40.0. The van der Waals surface area contributed by atoms with Gasteiger partial charge in [-0.3, -0.25) is 9.59 Å². The molecule has 6 nitrogen and oxygen atoms in total. The van der Waals surface area contributed by atoms with Crippen molar-refractivity contribution in [2.45, 2.75) is 257 Å². The van der Waals surface area contributed by atoms with Crippen molar-refractivity contribution < 1.29 is 24.5 Å². The van der Waals surface area contributed by atoms with Gasteiger partial charge >= 0.3 is 5.97 Å². The Balaban J connectivity index is 4.65. The first kappa shape index (κ1) is 58.3. The number of unbranched alkanes of at least 4 members (excludes halogenated alkanes) is 26. The molecule has 0 aromatic carbocycles. The van der Waals surface area contributed by atoms with E-state index in [2.05, 4.69) is 50.4 Å². The fraction of sp³-hybridized carbons (Fsp3) is 0.745. The maximum atomic E-state index is 13.2. The van der Waals surface area contributed by atoms with Crippen LogP contribution in [0.5, 0.6) is 0 Å². The number of hydrogen-bond acceptors (Lipinski definition) is 5. The smallest absolute Gasteiger partial charge is 0.306 e. The molecule has 0 aromatic rings. The molecular formula is C55H97NO5. The van der Waals surface area contributed by atoms with Crippen LogP contribution < -0.4 is 5.32 Å². The third-order valence-corrected chi connectivity index (χ3v) is 11.5. The Morgan fingerprint density at radius 3 is 1.33 bits per heavy atom. The Kier molecular flexibility index (Phi) is 46.2. The van der Waals surface area contributed by atoms with E-state index in [9.17, 15) is 19.8 Å². The minimum absolute atomic E-state index is 0.0587. The molecule has 3 atom stereocenters. The third-order valence-electron chi connectivity index (χ3n) is 11.5. The summed E-state index contributed by atoms with van der Waals surface area (Å²) in [6, 6.07) is -0.711. The van der Waals surface area contributed by atoms with Crippen molar-refractivity contribution in [1.82, 2.24) is 5.32 Å². The molecule has 1 amide bonds. The van der Waals surface area contributed by atoms with Crippen LogP contribution in [-0.2, 0) is 14.3 Å². The van der Waals surface area contributed by atoms with Gasteiger partial charge < -0.3 is 20.3 Å². The highest BCUT2D eigenvalue weighted by Gasteiger charge is 2.24. The van der Waals surface area contributed by atoms with Crippen molar-refractivity contribution >= 4 is 11.9 Å². The van der Waals surface area contributed by atoms with Crippen LogP contribution in [-0.4, -0.2) is 46.9 Å². The van der Waals surface area contributed by atoms with Gasteiger partial charge in [0, 0.05) is 6.42 Å². The van der Waals surface area contributed by atoms with Gasteiger partial charge in [-0.2, -0.15) is 0 Å². The number of aliphatic hydroxyl groups is 2. The highest BCUT2D eigenvalue weighted by molar-refractivity contribution is 5.77. The summed E-state index contributed by atoms with van der Waals surface area (Å²) in [6.07, 6.45) is 60.9. The Morgan fingerprint density at radius 1 is 0.492 bits per heavy atom. The molecule has 0 aliphatic heterocycles. The molecule has 0 radical (unpaired) electrons. The lowest BCUT2D eigenvalue weighted by Crippen LogP contribution is -2.46. The van der Waals surface area contributed by atoms with E-state index in [0.717, 1.165) is 70.6 Å². The van der Waals surface area contributed by atoms with E-state index in [1.807, 2.05) is 48.6 Å². The summed E-state index contributed by atoms with van der Waals surface area (Å²) in [4.78, 5) is 26.1. The van der Waals surface area contributed by atoms with Gasteiger partial charge in [0.1, 0.15) is 6.10 Å². The van der Waals surface area contributed by atoms with Crippen molar-refractivity contribution in [3.8, 4) is 0 Å². The van der Waals surface area contributed by atoms with E-state index < -0.39 is 18.2 Å². The van der Waals surface area contributed by atoms with Crippen molar-refractivity contribution in [2.75, 3.05) is 6.61 Å². The molecule has 0 bridgehead atoms. The lowest BCUT2D eigenvalue weighted by molar-refractivity contribution is -0.151. The zero-order chi connectivity index (χ0) is 44.5. The Hall–Kier alpha value is -2.70. The van der Waals surface area contributed by atoms with E-state index in [1.165, 1.54) is 122 Å². The quantitative estimate of drug-likeness (QED) is 0.0322. The topological polar surface area (TPSA) is 95.9 Å². The predicted octanol–water partition coefficient (Wildman–Crippen LogP) is 15.4. The summed E-state index contributed by atoms with van der Waals surface area (Å²) in [5.74, 6) is -0.522. The van der Waals surface area contributed by atoms with Crippen molar-refractivity contribution in [3.63, 3.8) is 0 Å². The molecular weight excluding hydrogens is 755 g/mol. The molecule has 0 saturated carbocycles. The second-order valence-corrected chi connectivity index (χ2v) is 17.4. The molecule has 3 unspecified atom stereocenters. The minimum Gasteiger partial charge on any atom is -0.462 e. The van der Waals surface area contributed by atoms with E-state index in [4.69, 9.17) is 4.74 Å². The highest BCUT2D eigenvalue weighted by atomic mass is 16.5. The number of amides is 1. The van der Waals surface area contributed by atoms with Crippen LogP contribution in [0.25, 0.3) is 0 Å². The fourth-order valence-corrected chi connectivity index (χ4v) is 7.58. The van der Waals surface area contributed by atoms with Gasteiger partial charge in [0.15, 0.2) is 0 Å². The van der Waals surface area contributed by atoms with E-state index in [1.54, 1.807) is 0 Å². The molecule has 352 valence electrons. The van der Waals surface area contributed by atoms with Gasteiger partial charge in [0.05, 0.1) is 25.2 Å². The molecule has 0 spiro atoms. The number of ether oxygens (including phenoxy) is 1. The van der Waals surface area contributed by atoms with E-state index in [0.29, 0.717) is 19.3 Å². The third kappa shape index (κ3) is 43.7. The van der Waals surface area contributed by atoms with Gasteiger partial charge in [-0.15, -0.1) is 0 Å². The number of rotatable bonds is 45. The maximum absolute atomic E-state index is 13.2. The number of nitrogens with one attached hydrogen (secondary N) is 1. The molecule has 0 heterocycles. The van der Waals surface area contributed by atoms with Crippen LogP contribution >= 0.6 is 0 Å². The normalized spacial score (nSPS) is 13.9. The van der Waals surface area contributed by atoms with Crippen LogP contribution in [0.2, 0.25) is 0 Å². The summed E-state index contributed by atoms with van der Waals surface area (Å²) in [5.41, 5.74) is 0. The summed E-state index contributed by atoms with van der Waals surface area (Å²) in [7, 11) is 0. The number of carbonyl (C=O) groups excluding carboxylic acids is 2. The van der Waals surface area contributed by atoms with Gasteiger partial charge in [-0.1, -0.05) is 254 Å².